The summed E-state index contributed by atoms with van der Waals surface area (Å²) in [5.74, 6) is 0.264. The predicted molar refractivity (Wildman–Crippen MR) is 72.5 cm³/mol. The molecule has 0 fully saturated rings. The van der Waals surface area contributed by atoms with Gasteiger partial charge in [-0.2, -0.15) is 0 Å². The van der Waals surface area contributed by atoms with Crippen molar-refractivity contribution >= 4 is 5.69 Å². The van der Waals surface area contributed by atoms with Crippen LogP contribution in [0.2, 0.25) is 0 Å². The molecule has 0 aliphatic carbocycles. The Hall–Kier alpha value is -2.07. The first-order chi connectivity index (χ1) is 8.72. The second kappa shape index (κ2) is 5.51. The van der Waals surface area contributed by atoms with Crippen molar-refractivity contribution in [3.8, 4) is 5.75 Å². The smallest absolute Gasteiger partial charge is 0.115 e. The van der Waals surface area contributed by atoms with E-state index in [1.165, 1.54) is 0 Å². The van der Waals surface area contributed by atoms with E-state index in [9.17, 15) is 5.11 Å². The van der Waals surface area contributed by atoms with Crippen molar-refractivity contribution in [1.82, 2.24) is 4.98 Å². The molecular weight excluding hydrogens is 226 g/mol. The molecule has 3 N–H and O–H groups in total. The molecule has 0 radical (unpaired) electrons. The maximum atomic E-state index is 9.30. The van der Waals surface area contributed by atoms with Crippen LogP contribution in [0.15, 0.2) is 48.8 Å². The van der Waals surface area contributed by atoms with Gasteiger partial charge in [0.1, 0.15) is 5.75 Å². The number of pyridine rings is 1. The van der Waals surface area contributed by atoms with Gasteiger partial charge >= 0.3 is 0 Å². The Morgan fingerprint density at radius 1 is 1.17 bits per heavy atom. The van der Waals surface area contributed by atoms with Crippen LogP contribution < -0.4 is 10.6 Å². The average molecular weight is 243 g/mol. The molecule has 2 aromatic rings. The number of benzene rings is 1. The van der Waals surface area contributed by atoms with Gasteiger partial charge in [-0.25, -0.2) is 0 Å². The lowest BCUT2D eigenvalue weighted by molar-refractivity contribution is 0.475. The topological polar surface area (TPSA) is 62.4 Å². The number of anilines is 1. The van der Waals surface area contributed by atoms with Gasteiger partial charge in [0.2, 0.25) is 0 Å². The molecule has 0 amide bonds. The SMILES string of the molecule is CN(c1ccc(O)cc1)C(CN)c1ccncc1. The van der Waals surface area contributed by atoms with Crippen LogP contribution in [0.4, 0.5) is 5.69 Å². The first-order valence-electron chi connectivity index (χ1n) is 5.84. The zero-order valence-electron chi connectivity index (χ0n) is 10.3. The van der Waals surface area contributed by atoms with Crippen molar-refractivity contribution in [1.29, 1.82) is 0 Å². The number of nitrogens with two attached hydrogens (primary N) is 1. The molecule has 0 saturated carbocycles. The molecule has 0 aliphatic rings. The lowest BCUT2D eigenvalue weighted by atomic mass is 10.1. The monoisotopic (exact) mass is 243 g/mol. The molecule has 0 spiro atoms. The molecule has 4 nitrogen and oxygen atoms in total. The van der Waals surface area contributed by atoms with Gasteiger partial charge in [0.05, 0.1) is 6.04 Å². The molecule has 0 saturated heterocycles. The molecule has 4 heteroatoms. The van der Waals surface area contributed by atoms with Gasteiger partial charge in [0.15, 0.2) is 0 Å². The van der Waals surface area contributed by atoms with E-state index >= 15 is 0 Å². The maximum absolute atomic E-state index is 9.30. The first-order valence-corrected chi connectivity index (χ1v) is 5.84. The fraction of sp³-hybridized carbons (Fsp3) is 0.214. The molecule has 1 unspecified atom stereocenters. The summed E-state index contributed by atoms with van der Waals surface area (Å²) in [6.07, 6.45) is 3.53. The van der Waals surface area contributed by atoms with Crippen molar-refractivity contribution in [2.24, 2.45) is 5.73 Å². The third-order valence-corrected chi connectivity index (χ3v) is 3.04. The predicted octanol–water partition coefficient (Wildman–Crippen LogP) is 1.92. The molecule has 18 heavy (non-hydrogen) atoms. The third-order valence-electron chi connectivity index (χ3n) is 3.04. The lowest BCUT2D eigenvalue weighted by Crippen LogP contribution is -2.30. The number of hydrogen-bond acceptors (Lipinski definition) is 4. The lowest BCUT2D eigenvalue weighted by Gasteiger charge is -2.29. The summed E-state index contributed by atoms with van der Waals surface area (Å²) in [6, 6.07) is 11.1. The highest BCUT2D eigenvalue weighted by molar-refractivity contribution is 5.50. The molecule has 1 atom stereocenters. The minimum absolute atomic E-state index is 0.0949. The molecule has 0 bridgehead atoms. The summed E-state index contributed by atoms with van der Waals surface area (Å²) in [5.41, 5.74) is 8.00. The van der Waals surface area contributed by atoms with Gasteiger partial charge < -0.3 is 15.7 Å². The van der Waals surface area contributed by atoms with Gasteiger partial charge in [0.25, 0.3) is 0 Å². The van der Waals surface area contributed by atoms with E-state index in [0.29, 0.717) is 6.54 Å². The Kier molecular flexibility index (Phi) is 3.79. The fourth-order valence-corrected chi connectivity index (χ4v) is 1.97. The van der Waals surface area contributed by atoms with Gasteiger partial charge in [-0.3, -0.25) is 4.98 Å². The summed E-state index contributed by atoms with van der Waals surface area (Å²) < 4.78 is 0. The van der Waals surface area contributed by atoms with Gasteiger partial charge in [-0.15, -0.1) is 0 Å². The van der Waals surface area contributed by atoms with Crippen molar-refractivity contribution < 1.29 is 5.11 Å². The number of likely N-dealkylation sites (N-methyl/N-ethyl adjacent to an activating group) is 1. The number of nitrogens with zero attached hydrogens (tertiary/aromatic N) is 2. The van der Waals surface area contributed by atoms with E-state index in [1.54, 1.807) is 24.5 Å². The highest BCUT2D eigenvalue weighted by Gasteiger charge is 2.15. The quantitative estimate of drug-likeness (QED) is 0.861. The van der Waals surface area contributed by atoms with Gasteiger partial charge in [-0.1, -0.05) is 0 Å². The van der Waals surface area contributed by atoms with Crippen LogP contribution in [0, 0.1) is 0 Å². The highest BCUT2D eigenvalue weighted by atomic mass is 16.3. The van der Waals surface area contributed by atoms with Gasteiger partial charge in [0, 0.05) is 31.7 Å². The Morgan fingerprint density at radius 3 is 2.33 bits per heavy atom. The zero-order valence-corrected chi connectivity index (χ0v) is 10.3. The van der Waals surface area contributed by atoms with Crippen molar-refractivity contribution in [3.05, 3.63) is 54.4 Å². The molecule has 1 aromatic carbocycles. The summed E-state index contributed by atoms with van der Waals surface area (Å²) in [4.78, 5) is 6.11. The van der Waals surface area contributed by atoms with Crippen LogP contribution in [-0.2, 0) is 0 Å². The Balaban J connectivity index is 2.25. The molecule has 1 heterocycles. The average Bonchev–Trinajstić information content (AvgIpc) is 2.41. The maximum Gasteiger partial charge on any atom is 0.115 e. The first kappa shape index (κ1) is 12.4. The van der Waals surface area contributed by atoms with Crippen molar-refractivity contribution in [2.75, 3.05) is 18.5 Å². The number of phenolic OH excluding ortho intramolecular Hbond substituents is 1. The second-order valence-corrected chi connectivity index (χ2v) is 4.16. The fourth-order valence-electron chi connectivity index (χ4n) is 1.97. The van der Waals surface area contributed by atoms with E-state index in [0.717, 1.165) is 11.3 Å². The summed E-state index contributed by atoms with van der Waals surface area (Å²) in [7, 11) is 1.99. The number of aromatic hydroxyl groups is 1. The van der Waals surface area contributed by atoms with E-state index in [1.807, 2.05) is 31.3 Å². The Morgan fingerprint density at radius 2 is 1.78 bits per heavy atom. The largest absolute Gasteiger partial charge is 0.508 e. The van der Waals surface area contributed by atoms with Crippen LogP contribution in [0.5, 0.6) is 5.75 Å². The zero-order chi connectivity index (χ0) is 13.0. The Bertz CT molecular complexity index is 484. The van der Waals surface area contributed by atoms with Crippen molar-refractivity contribution in [2.45, 2.75) is 6.04 Å². The minimum Gasteiger partial charge on any atom is -0.508 e. The van der Waals surface area contributed by atoms with E-state index in [4.69, 9.17) is 5.73 Å². The van der Waals surface area contributed by atoms with Gasteiger partial charge in [-0.05, 0) is 42.0 Å². The van der Waals surface area contributed by atoms with Crippen LogP contribution in [0.3, 0.4) is 0 Å². The van der Waals surface area contributed by atoms with Crippen LogP contribution in [0.1, 0.15) is 11.6 Å². The second-order valence-electron chi connectivity index (χ2n) is 4.16. The number of rotatable bonds is 4. The van der Waals surface area contributed by atoms with Crippen molar-refractivity contribution in [3.63, 3.8) is 0 Å². The molecule has 2 rings (SSSR count). The molecule has 1 aromatic heterocycles. The molecule has 94 valence electrons. The van der Waals surface area contributed by atoms with Crippen LogP contribution in [-0.4, -0.2) is 23.7 Å². The minimum atomic E-state index is 0.0949. The van der Waals surface area contributed by atoms with Crippen LogP contribution >= 0.6 is 0 Å². The normalized spacial score (nSPS) is 12.1. The standard InChI is InChI=1S/C14H17N3O/c1-17(12-2-4-13(18)5-3-12)14(10-15)11-6-8-16-9-7-11/h2-9,14,18H,10,15H2,1H3. The Labute approximate surface area is 107 Å². The molecule has 0 aliphatic heterocycles. The summed E-state index contributed by atoms with van der Waals surface area (Å²) in [5, 5.41) is 9.30. The van der Waals surface area contributed by atoms with Crippen LogP contribution in [0.25, 0.3) is 0 Å². The highest BCUT2D eigenvalue weighted by Crippen LogP contribution is 2.25. The van der Waals surface area contributed by atoms with E-state index in [2.05, 4.69) is 9.88 Å². The third kappa shape index (κ3) is 2.60. The summed E-state index contributed by atoms with van der Waals surface area (Å²) in [6.45, 7) is 0.515. The molecular formula is C14H17N3O. The van der Waals surface area contributed by atoms with E-state index < -0.39 is 0 Å². The number of aromatic nitrogens is 1. The number of hydrogen-bond donors (Lipinski definition) is 2. The summed E-state index contributed by atoms with van der Waals surface area (Å²) >= 11 is 0. The number of phenols is 1. The van der Waals surface area contributed by atoms with E-state index in [-0.39, 0.29) is 11.8 Å².